The molecule has 136 valence electrons. The molecule has 0 aliphatic heterocycles. The molecule has 0 aromatic carbocycles. The van der Waals surface area contributed by atoms with Gasteiger partial charge in [0.05, 0.1) is 12.1 Å². The maximum absolute atomic E-state index is 12.7. The van der Waals surface area contributed by atoms with Crippen LogP contribution in [0.4, 0.5) is 0 Å². The Morgan fingerprint density at radius 2 is 2.19 bits per heavy atom. The molecule has 26 heavy (non-hydrogen) atoms. The molecule has 7 heteroatoms. The van der Waals surface area contributed by atoms with Crippen LogP contribution in [0.15, 0.2) is 41.4 Å². The van der Waals surface area contributed by atoms with Gasteiger partial charge in [-0.3, -0.25) is 9.78 Å². The number of carbonyl (C=O) groups is 1. The van der Waals surface area contributed by atoms with Gasteiger partial charge >= 0.3 is 0 Å². The van der Waals surface area contributed by atoms with Crippen molar-refractivity contribution in [2.75, 3.05) is 0 Å². The molecule has 0 radical (unpaired) electrons. The monoisotopic (exact) mass is 369 g/mol. The first kappa shape index (κ1) is 18.3. The van der Waals surface area contributed by atoms with Crippen molar-refractivity contribution in [2.24, 2.45) is 0 Å². The van der Waals surface area contributed by atoms with E-state index in [1.807, 2.05) is 43.8 Å². The summed E-state index contributed by atoms with van der Waals surface area (Å²) in [6, 6.07) is 5.83. The number of aryl methyl sites for hydroxylation is 2. The van der Waals surface area contributed by atoms with Gasteiger partial charge in [0.25, 0.3) is 0 Å². The van der Waals surface area contributed by atoms with Gasteiger partial charge in [0.1, 0.15) is 11.6 Å². The molecule has 3 heterocycles. The van der Waals surface area contributed by atoms with Crippen molar-refractivity contribution in [1.29, 1.82) is 0 Å². The number of hydrogen-bond donors (Lipinski definition) is 1. The SMILES string of the molecule is Cc1nc(C)n([C@H](C)CC(=O)N[C@H](Cc2ccsc2)c2cccnc2)n1. The Balaban J connectivity index is 1.69. The number of amides is 1. The lowest BCUT2D eigenvalue weighted by atomic mass is 10.0. The van der Waals surface area contributed by atoms with Gasteiger partial charge in [0.2, 0.25) is 5.91 Å². The summed E-state index contributed by atoms with van der Waals surface area (Å²) in [5.41, 5.74) is 2.22. The van der Waals surface area contributed by atoms with E-state index >= 15 is 0 Å². The Kier molecular flexibility index (Phi) is 5.78. The van der Waals surface area contributed by atoms with Crippen LogP contribution in [0.25, 0.3) is 0 Å². The van der Waals surface area contributed by atoms with Crippen molar-refractivity contribution >= 4 is 17.2 Å². The molecule has 0 saturated carbocycles. The average Bonchev–Trinajstić information content (AvgIpc) is 3.24. The number of thiophene rings is 1. The maximum atomic E-state index is 12.7. The lowest BCUT2D eigenvalue weighted by Gasteiger charge is -2.20. The highest BCUT2D eigenvalue weighted by Gasteiger charge is 2.19. The Morgan fingerprint density at radius 1 is 1.35 bits per heavy atom. The molecule has 3 rings (SSSR count). The molecule has 3 aromatic rings. The molecule has 0 unspecified atom stereocenters. The Bertz CT molecular complexity index is 844. The molecule has 0 aliphatic carbocycles. The quantitative estimate of drug-likeness (QED) is 0.693. The molecule has 1 amide bonds. The van der Waals surface area contributed by atoms with Crippen molar-refractivity contribution in [3.63, 3.8) is 0 Å². The average molecular weight is 369 g/mol. The predicted molar refractivity (Wildman–Crippen MR) is 102 cm³/mol. The summed E-state index contributed by atoms with van der Waals surface area (Å²) in [4.78, 5) is 21.2. The van der Waals surface area contributed by atoms with E-state index in [0.29, 0.717) is 6.42 Å². The summed E-state index contributed by atoms with van der Waals surface area (Å²) in [5.74, 6) is 1.54. The minimum absolute atomic E-state index is 0.00543. The molecule has 6 nitrogen and oxygen atoms in total. The number of hydrogen-bond acceptors (Lipinski definition) is 5. The van der Waals surface area contributed by atoms with Crippen molar-refractivity contribution in [2.45, 2.75) is 45.7 Å². The molecule has 0 spiro atoms. The molecule has 0 fully saturated rings. The van der Waals surface area contributed by atoms with E-state index in [0.717, 1.165) is 23.6 Å². The number of pyridine rings is 1. The van der Waals surface area contributed by atoms with Crippen LogP contribution in [-0.4, -0.2) is 25.7 Å². The second kappa shape index (κ2) is 8.23. The zero-order chi connectivity index (χ0) is 18.5. The topological polar surface area (TPSA) is 72.7 Å². The number of nitrogens with zero attached hydrogens (tertiary/aromatic N) is 4. The van der Waals surface area contributed by atoms with E-state index in [1.165, 1.54) is 5.56 Å². The van der Waals surface area contributed by atoms with E-state index in [4.69, 9.17) is 0 Å². The third kappa shape index (κ3) is 4.54. The number of rotatable bonds is 7. The number of carbonyl (C=O) groups excluding carboxylic acids is 1. The normalized spacial score (nSPS) is 13.3. The fraction of sp³-hybridized carbons (Fsp3) is 0.368. The van der Waals surface area contributed by atoms with E-state index in [9.17, 15) is 4.79 Å². The number of aromatic nitrogens is 4. The molecule has 0 aliphatic rings. The fourth-order valence-corrected chi connectivity index (χ4v) is 3.72. The van der Waals surface area contributed by atoms with Crippen molar-refractivity contribution in [3.8, 4) is 0 Å². The van der Waals surface area contributed by atoms with Crippen molar-refractivity contribution in [1.82, 2.24) is 25.1 Å². The summed E-state index contributed by atoms with van der Waals surface area (Å²) < 4.78 is 1.81. The molecule has 2 atom stereocenters. The Labute approximate surface area is 157 Å². The van der Waals surface area contributed by atoms with Gasteiger partial charge in [-0.15, -0.1) is 0 Å². The van der Waals surface area contributed by atoms with Gasteiger partial charge in [-0.05, 0) is 61.2 Å². The van der Waals surface area contributed by atoms with Gasteiger partial charge in [0, 0.05) is 18.8 Å². The van der Waals surface area contributed by atoms with Crippen LogP contribution in [0.1, 0.15) is 48.2 Å². The largest absolute Gasteiger partial charge is 0.349 e. The standard InChI is InChI=1S/C19H23N5OS/c1-13(24-15(3)21-14(2)23-24)9-19(25)22-18(10-16-6-8-26-12-16)17-5-4-7-20-11-17/h4-8,11-13,18H,9-10H2,1-3H3,(H,22,25)/t13-,18-/m1/s1. The zero-order valence-electron chi connectivity index (χ0n) is 15.2. The van der Waals surface area contributed by atoms with Crippen LogP contribution in [0, 0.1) is 13.8 Å². The highest BCUT2D eigenvalue weighted by atomic mass is 32.1. The van der Waals surface area contributed by atoms with E-state index < -0.39 is 0 Å². The second-order valence-electron chi connectivity index (χ2n) is 6.45. The van der Waals surface area contributed by atoms with Gasteiger partial charge in [-0.2, -0.15) is 16.4 Å². The predicted octanol–water partition coefficient (Wildman–Crippen LogP) is 3.40. The van der Waals surface area contributed by atoms with Crippen molar-refractivity contribution < 1.29 is 4.79 Å². The lowest BCUT2D eigenvalue weighted by molar-refractivity contribution is -0.122. The van der Waals surface area contributed by atoms with Gasteiger partial charge in [0.15, 0.2) is 0 Å². The zero-order valence-corrected chi connectivity index (χ0v) is 16.0. The van der Waals surface area contributed by atoms with Gasteiger partial charge in [-0.1, -0.05) is 6.07 Å². The first-order valence-corrected chi connectivity index (χ1v) is 9.57. The lowest BCUT2D eigenvalue weighted by Crippen LogP contribution is -2.31. The van der Waals surface area contributed by atoms with Crippen LogP contribution >= 0.6 is 11.3 Å². The molecule has 3 aromatic heterocycles. The summed E-state index contributed by atoms with van der Waals surface area (Å²) in [7, 11) is 0. The molecule has 1 N–H and O–H groups in total. The Hall–Kier alpha value is -2.54. The molecule has 0 saturated heterocycles. The van der Waals surface area contributed by atoms with E-state index in [1.54, 1.807) is 17.5 Å². The highest BCUT2D eigenvalue weighted by molar-refractivity contribution is 7.07. The first-order chi connectivity index (χ1) is 12.5. The summed E-state index contributed by atoms with van der Waals surface area (Å²) in [6.45, 7) is 5.75. The molecular formula is C19H23N5OS. The third-order valence-electron chi connectivity index (χ3n) is 4.25. The Morgan fingerprint density at radius 3 is 2.81 bits per heavy atom. The highest BCUT2D eigenvalue weighted by Crippen LogP contribution is 2.20. The van der Waals surface area contributed by atoms with Crippen LogP contribution < -0.4 is 5.32 Å². The van der Waals surface area contributed by atoms with Gasteiger partial charge < -0.3 is 5.32 Å². The summed E-state index contributed by atoms with van der Waals surface area (Å²) >= 11 is 1.66. The third-order valence-corrected chi connectivity index (χ3v) is 4.98. The summed E-state index contributed by atoms with van der Waals surface area (Å²) in [5, 5.41) is 11.7. The first-order valence-electron chi connectivity index (χ1n) is 8.63. The van der Waals surface area contributed by atoms with Crippen LogP contribution in [0.2, 0.25) is 0 Å². The van der Waals surface area contributed by atoms with Crippen molar-refractivity contribution in [3.05, 3.63) is 64.1 Å². The molecular weight excluding hydrogens is 346 g/mol. The minimum atomic E-state index is -0.100. The smallest absolute Gasteiger partial charge is 0.222 e. The van der Waals surface area contributed by atoms with E-state index in [-0.39, 0.29) is 18.0 Å². The van der Waals surface area contributed by atoms with Crippen LogP contribution in [0.5, 0.6) is 0 Å². The second-order valence-corrected chi connectivity index (χ2v) is 7.23. The minimum Gasteiger partial charge on any atom is -0.349 e. The van der Waals surface area contributed by atoms with E-state index in [2.05, 4.69) is 37.2 Å². The van der Waals surface area contributed by atoms with Gasteiger partial charge in [-0.25, -0.2) is 9.67 Å². The fourth-order valence-electron chi connectivity index (χ4n) is 3.04. The summed E-state index contributed by atoms with van der Waals surface area (Å²) in [6.07, 6.45) is 4.65. The van der Waals surface area contributed by atoms with Crippen LogP contribution in [0.3, 0.4) is 0 Å². The van der Waals surface area contributed by atoms with Crippen LogP contribution in [-0.2, 0) is 11.2 Å². The number of nitrogens with one attached hydrogen (secondary N) is 1. The molecule has 0 bridgehead atoms. The maximum Gasteiger partial charge on any atom is 0.222 e.